The molecule has 0 saturated carbocycles. The lowest BCUT2D eigenvalue weighted by Gasteiger charge is -2.48. The fourth-order valence-electron chi connectivity index (χ4n) is 4.70. The highest BCUT2D eigenvalue weighted by Gasteiger charge is 2.40. The number of pyridine rings is 1. The summed E-state index contributed by atoms with van der Waals surface area (Å²) in [5.41, 5.74) is 0.145. The molecule has 0 unspecified atom stereocenters. The van der Waals surface area contributed by atoms with Crippen LogP contribution in [-0.2, 0) is 6.54 Å². The predicted octanol–water partition coefficient (Wildman–Crippen LogP) is 2.67. The van der Waals surface area contributed by atoms with Gasteiger partial charge >= 0.3 is 0 Å². The van der Waals surface area contributed by atoms with Gasteiger partial charge in [-0.15, -0.1) is 0 Å². The predicted molar refractivity (Wildman–Crippen MR) is 116 cm³/mol. The Hall–Kier alpha value is -3.69. The van der Waals surface area contributed by atoms with Crippen LogP contribution in [0.2, 0.25) is 0 Å². The third-order valence-corrected chi connectivity index (χ3v) is 6.34. The molecule has 2 aliphatic rings. The number of carbonyl (C=O) groups is 1. The molecule has 1 saturated heterocycles. The van der Waals surface area contributed by atoms with E-state index in [4.69, 9.17) is 0 Å². The number of piperidine rings is 1. The Labute approximate surface area is 188 Å². The summed E-state index contributed by atoms with van der Waals surface area (Å²) in [5.74, 6) is -2.32. The van der Waals surface area contributed by atoms with Gasteiger partial charge in [0.25, 0.3) is 5.91 Å². The Balaban J connectivity index is 1.55. The number of nitrogens with zero attached hydrogens (tertiary/aromatic N) is 5. The second-order valence-electron chi connectivity index (χ2n) is 8.31. The first-order chi connectivity index (χ1) is 15.9. The molecule has 2 aliphatic heterocycles. The monoisotopic (exact) mass is 455 g/mol. The van der Waals surface area contributed by atoms with Gasteiger partial charge in [-0.3, -0.25) is 24.0 Å². The fraction of sp³-hybridized carbons (Fsp3) is 0.348. The van der Waals surface area contributed by atoms with Crippen LogP contribution < -0.4 is 10.4 Å². The van der Waals surface area contributed by atoms with Gasteiger partial charge in [0, 0.05) is 42.7 Å². The largest absolute Gasteiger partial charge is 0.502 e. The van der Waals surface area contributed by atoms with Crippen LogP contribution in [0.25, 0.3) is 11.1 Å². The van der Waals surface area contributed by atoms with Crippen molar-refractivity contribution in [2.45, 2.75) is 38.9 Å². The number of halogens is 2. The summed E-state index contributed by atoms with van der Waals surface area (Å²) in [5, 5.41) is 16.9. The first kappa shape index (κ1) is 21.2. The minimum absolute atomic E-state index is 0.0375. The van der Waals surface area contributed by atoms with Gasteiger partial charge in [0.1, 0.15) is 17.8 Å². The van der Waals surface area contributed by atoms with Crippen LogP contribution in [0.15, 0.2) is 41.6 Å². The summed E-state index contributed by atoms with van der Waals surface area (Å²) in [4.78, 5) is 27.8. The average molecular weight is 455 g/mol. The Morgan fingerprint density at radius 2 is 2.00 bits per heavy atom. The maximum atomic E-state index is 14.0. The van der Waals surface area contributed by atoms with E-state index in [0.29, 0.717) is 18.7 Å². The number of rotatable bonds is 4. The molecule has 1 N–H and O–H groups in total. The molecule has 0 aliphatic carbocycles. The molecule has 3 aromatic rings. The van der Waals surface area contributed by atoms with Gasteiger partial charge in [-0.25, -0.2) is 8.78 Å². The molecule has 33 heavy (non-hydrogen) atoms. The van der Waals surface area contributed by atoms with Crippen LogP contribution in [0.1, 0.15) is 42.2 Å². The lowest BCUT2D eigenvalue weighted by atomic mass is 10.0. The molecule has 1 aromatic carbocycles. The summed E-state index contributed by atoms with van der Waals surface area (Å²) in [6.07, 6.45) is 7.17. The van der Waals surface area contributed by atoms with E-state index < -0.39 is 22.8 Å². The Morgan fingerprint density at radius 3 is 2.76 bits per heavy atom. The molecule has 0 radical (unpaired) electrons. The van der Waals surface area contributed by atoms with Gasteiger partial charge in [-0.05, 0) is 32.3 Å². The molecule has 1 fully saturated rings. The van der Waals surface area contributed by atoms with Crippen molar-refractivity contribution < 1.29 is 18.7 Å². The molecular formula is C23H23F2N5O3. The molecule has 8 nitrogen and oxygen atoms in total. The topological polar surface area (TPSA) is 83.6 Å². The summed E-state index contributed by atoms with van der Waals surface area (Å²) in [6.45, 7) is 3.08. The smallest absolute Gasteiger partial charge is 0.278 e. The van der Waals surface area contributed by atoms with Gasteiger partial charge in [0.15, 0.2) is 11.4 Å². The van der Waals surface area contributed by atoms with Crippen LogP contribution >= 0.6 is 0 Å². The molecule has 2 aromatic heterocycles. The van der Waals surface area contributed by atoms with E-state index in [1.807, 2.05) is 11.9 Å². The Morgan fingerprint density at radius 1 is 1.18 bits per heavy atom. The van der Waals surface area contributed by atoms with Gasteiger partial charge in [-0.1, -0.05) is 6.07 Å². The zero-order valence-corrected chi connectivity index (χ0v) is 18.0. The average Bonchev–Trinajstić information content (AvgIpc) is 3.26. The second-order valence-corrected chi connectivity index (χ2v) is 8.31. The Kier molecular flexibility index (Phi) is 5.15. The molecular weight excluding hydrogens is 432 g/mol. The summed E-state index contributed by atoms with van der Waals surface area (Å²) < 4.78 is 30.2. The number of carbonyl (C=O) groups excluding carboxylic acids is 1. The first-order valence-electron chi connectivity index (χ1n) is 10.9. The third-order valence-electron chi connectivity index (χ3n) is 6.34. The lowest BCUT2D eigenvalue weighted by molar-refractivity contribution is 0.0536. The fourth-order valence-corrected chi connectivity index (χ4v) is 4.70. The minimum Gasteiger partial charge on any atom is -0.502 e. The van der Waals surface area contributed by atoms with Crippen LogP contribution in [0.3, 0.4) is 0 Å². The molecule has 0 bridgehead atoms. The van der Waals surface area contributed by atoms with Crippen LogP contribution in [0.4, 0.5) is 8.78 Å². The van der Waals surface area contributed by atoms with Crippen LogP contribution in [-0.4, -0.2) is 49.6 Å². The van der Waals surface area contributed by atoms with E-state index >= 15 is 0 Å². The molecule has 4 heterocycles. The van der Waals surface area contributed by atoms with Crippen molar-refractivity contribution in [3.63, 3.8) is 0 Å². The van der Waals surface area contributed by atoms with Gasteiger partial charge < -0.3 is 10.0 Å². The summed E-state index contributed by atoms with van der Waals surface area (Å²) >= 11 is 0. The maximum absolute atomic E-state index is 14.0. The summed E-state index contributed by atoms with van der Waals surface area (Å²) in [7, 11) is 0. The second kappa shape index (κ2) is 8.02. The first-order valence-corrected chi connectivity index (χ1v) is 10.9. The normalized spacial score (nSPS) is 17.8. The van der Waals surface area contributed by atoms with Crippen molar-refractivity contribution in [3.05, 3.63) is 69.9 Å². The van der Waals surface area contributed by atoms with E-state index in [1.54, 1.807) is 22.0 Å². The van der Waals surface area contributed by atoms with Crippen molar-refractivity contribution in [1.82, 2.24) is 19.4 Å². The molecule has 0 spiro atoms. The van der Waals surface area contributed by atoms with Crippen molar-refractivity contribution in [1.29, 1.82) is 0 Å². The third kappa shape index (κ3) is 3.46. The maximum Gasteiger partial charge on any atom is 0.278 e. The number of benzene rings is 1. The number of aromatic nitrogens is 3. The minimum atomic E-state index is -0.686. The number of fused-ring (bicyclic) bond motifs is 3. The van der Waals surface area contributed by atoms with Gasteiger partial charge in [0.05, 0.1) is 18.3 Å². The highest BCUT2D eigenvalue weighted by atomic mass is 19.1. The lowest BCUT2D eigenvalue weighted by Crippen LogP contribution is -2.62. The zero-order chi connectivity index (χ0) is 23.3. The highest BCUT2D eigenvalue weighted by Crippen LogP contribution is 2.31. The number of hydrogen-bond donors (Lipinski definition) is 1. The number of aromatic hydroxyl groups is 1. The van der Waals surface area contributed by atoms with E-state index in [1.165, 1.54) is 23.0 Å². The van der Waals surface area contributed by atoms with Crippen molar-refractivity contribution >= 4 is 5.91 Å². The highest BCUT2D eigenvalue weighted by molar-refractivity contribution is 5.97. The molecule has 1 atom stereocenters. The summed E-state index contributed by atoms with van der Waals surface area (Å²) in [6, 6.07) is 3.31. The molecule has 172 valence electrons. The van der Waals surface area contributed by atoms with Crippen molar-refractivity contribution in [2.24, 2.45) is 0 Å². The molecule has 10 heteroatoms. The van der Waals surface area contributed by atoms with E-state index in [0.717, 1.165) is 25.3 Å². The zero-order valence-electron chi connectivity index (χ0n) is 18.0. The van der Waals surface area contributed by atoms with Gasteiger partial charge in [-0.2, -0.15) is 5.10 Å². The SMILES string of the molecule is CCN1C(=O)c2c(O)c(=O)c(-c3cnn(Cc4ccc(F)cc4F)c3)cn2N2CCCC[C@@H]12. The van der Waals surface area contributed by atoms with Crippen molar-refractivity contribution in [3.8, 4) is 16.9 Å². The Bertz CT molecular complexity index is 1300. The number of hydrogen-bond acceptors (Lipinski definition) is 5. The van der Waals surface area contributed by atoms with E-state index in [-0.39, 0.29) is 35.4 Å². The quantitative estimate of drug-likeness (QED) is 0.654. The van der Waals surface area contributed by atoms with E-state index in [2.05, 4.69) is 5.10 Å². The molecule has 5 rings (SSSR count). The standard InChI is InChI=1S/C23H23F2N5O3/c1-2-28-19-5-3-4-8-29(19)30-13-17(21(31)22(32)20(30)23(28)33)15-10-26-27(12-15)11-14-6-7-16(24)9-18(14)25/h6-7,9-10,12-13,19,32H,2-5,8,11H2,1H3/t19-/m0/s1. The van der Waals surface area contributed by atoms with E-state index in [9.17, 15) is 23.5 Å². The van der Waals surface area contributed by atoms with Crippen LogP contribution in [0.5, 0.6) is 5.75 Å². The van der Waals surface area contributed by atoms with Crippen molar-refractivity contribution in [2.75, 3.05) is 18.1 Å². The number of amides is 1. The van der Waals surface area contributed by atoms with Crippen LogP contribution in [0, 0.1) is 11.6 Å². The molecule has 1 amide bonds. The van der Waals surface area contributed by atoms with Gasteiger partial charge in [0.2, 0.25) is 5.43 Å².